The fourth-order valence-electron chi connectivity index (χ4n) is 2.12. The van der Waals surface area contributed by atoms with Gasteiger partial charge in [-0.15, -0.1) is 0 Å². The molecule has 0 radical (unpaired) electrons. The zero-order chi connectivity index (χ0) is 16.0. The normalized spacial score (nSPS) is 11.0. The van der Waals surface area contributed by atoms with Crippen LogP contribution in [0.1, 0.15) is 19.4 Å². The second kappa shape index (κ2) is 7.47. The molecule has 5 heteroatoms. The van der Waals surface area contributed by atoms with E-state index in [1.807, 2.05) is 36.4 Å². The van der Waals surface area contributed by atoms with E-state index in [1.54, 1.807) is 21.0 Å². The lowest BCUT2D eigenvalue weighted by Crippen LogP contribution is -1.94. The minimum absolute atomic E-state index is 0.276. The van der Waals surface area contributed by atoms with Crippen molar-refractivity contribution in [1.82, 2.24) is 0 Å². The molecule has 0 amide bonds. The Kier molecular flexibility index (Phi) is 5.63. The fraction of sp³-hybridized carbons (Fsp3) is 0.294. The van der Waals surface area contributed by atoms with Crippen molar-refractivity contribution < 1.29 is 18.3 Å². The third kappa shape index (κ3) is 3.69. The molecule has 2 aromatic carbocycles. The Balaban J connectivity index is 2.55. The van der Waals surface area contributed by atoms with Gasteiger partial charge in [-0.25, -0.2) is 4.57 Å². The van der Waals surface area contributed by atoms with Gasteiger partial charge in [-0.05, 0) is 31.2 Å². The minimum atomic E-state index is -3.41. The maximum absolute atomic E-state index is 12.5. The van der Waals surface area contributed by atoms with Gasteiger partial charge in [-0.2, -0.15) is 0 Å². The van der Waals surface area contributed by atoms with Crippen LogP contribution in [-0.4, -0.2) is 20.3 Å². The molecule has 0 saturated carbocycles. The lowest BCUT2D eigenvalue weighted by Gasteiger charge is -2.10. The summed E-state index contributed by atoms with van der Waals surface area (Å²) < 4.78 is 28.2. The van der Waals surface area contributed by atoms with Crippen molar-refractivity contribution >= 4 is 18.4 Å². The smallest absolute Gasteiger partial charge is 0.405 e. The number of rotatable bonds is 5. The highest BCUT2D eigenvalue weighted by molar-refractivity contribution is 7.59. The van der Waals surface area contributed by atoms with E-state index in [9.17, 15) is 4.57 Å². The third-order valence-corrected chi connectivity index (χ3v) is 4.61. The van der Waals surface area contributed by atoms with Crippen molar-refractivity contribution in [3.05, 3.63) is 42.0 Å². The maximum atomic E-state index is 12.5. The maximum Gasteiger partial charge on any atom is 0.405 e. The lowest BCUT2D eigenvalue weighted by atomic mass is 10.0. The first-order chi connectivity index (χ1) is 10.6. The molecule has 2 aromatic rings. The van der Waals surface area contributed by atoms with Crippen molar-refractivity contribution in [3.63, 3.8) is 0 Å². The van der Waals surface area contributed by atoms with E-state index in [-0.39, 0.29) is 13.2 Å². The fourth-order valence-corrected chi connectivity index (χ4v) is 3.25. The summed E-state index contributed by atoms with van der Waals surface area (Å²) in [4.78, 5) is 0. The number of hydrogen-bond acceptors (Lipinski definition) is 4. The van der Waals surface area contributed by atoms with Gasteiger partial charge in [0.15, 0.2) is 0 Å². The van der Waals surface area contributed by atoms with Crippen LogP contribution >= 0.6 is 7.60 Å². The molecular weight excluding hydrogens is 299 g/mol. The molecule has 22 heavy (non-hydrogen) atoms. The van der Waals surface area contributed by atoms with Gasteiger partial charge < -0.3 is 4.74 Å². The second-order valence-electron chi connectivity index (χ2n) is 4.43. The van der Waals surface area contributed by atoms with Gasteiger partial charge in [0.1, 0.15) is 5.75 Å². The summed E-state index contributed by atoms with van der Waals surface area (Å²) in [5, 5.41) is 1.98. The Morgan fingerprint density at radius 3 is 2.36 bits per heavy atom. The Bertz CT molecular complexity index is 748. The summed E-state index contributed by atoms with van der Waals surface area (Å²) in [6, 6.07) is 11.6. The van der Waals surface area contributed by atoms with Gasteiger partial charge in [0.2, 0.25) is 0 Å². The summed E-state index contributed by atoms with van der Waals surface area (Å²) in [5.41, 5.74) is 3.34. The molecule has 0 unspecified atom stereocenters. The molecule has 0 N–H and O–H groups in total. The zero-order valence-electron chi connectivity index (χ0n) is 13.0. The first kappa shape index (κ1) is 16.6. The van der Waals surface area contributed by atoms with Crippen LogP contribution in [0.25, 0.3) is 10.8 Å². The molecule has 0 saturated heterocycles. The first-order valence-corrected chi connectivity index (χ1v) is 8.66. The Morgan fingerprint density at radius 2 is 1.73 bits per heavy atom. The van der Waals surface area contributed by atoms with Crippen LogP contribution in [0.5, 0.6) is 5.75 Å². The Labute approximate surface area is 130 Å². The van der Waals surface area contributed by atoms with Crippen molar-refractivity contribution in [2.24, 2.45) is 0 Å². The quantitative estimate of drug-likeness (QED) is 0.604. The summed E-state index contributed by atoms with van der Waals surface area (Å²) in [6.07, 6.45) is 0. The molecule has 0 atom stereocenters. The van der Waals surface area contributed by atoms with E-state index in [2.05, 4.69) is 11.6 Å². The minimum Gasteiger partial charge on any atom is -0.495 e. The third-order valence-electron chi connectivity index (χ3n) is 3.03. The van der Waals surface area contributed by atoms with Crippen molar-refractivity contribution in [2.45, 2.75) is 13.8 Å². The summed E-state index contributed by atoms with van der Waals surface area (Å²) >= 11 is 0. The Hall–Kier alpha value is -1.79. The van der Waals surface area contributed by atoms with Crippen LogP contribution in [0.15, 0.2) is 36.4 Å². The molecule has 116 valence electrons. The topological polar surface area (TPSA) is 44.8 Å². The number of hydrogen-bond donors (Lipinski definition) is 0. The summed E-state index contributed by atoms with van der Waals surface area (Å²) in [6.45, 7) is 4.06. The number of fused-ring (bicyclic) bond motifs is 1. The first-order valence-electron chi connectivity index (χ1n) is 7.11. The highest BCUT2D eigenvalue weighted by atomic mass is 31.2. The average molecular weight is 318 g/mol. The molecule has 4 nitrogen and oxygen atoms in total. The van der Waals surface area contributed by atoms with E-state index in [0.717, 1.165) is 10.8 Å². The van der Waals surface area contributed by atoms with Gasteiger partial charge >= 0.3 is 7.60 Å². The highest BCUT2D eigenvalue weighted by Gasteiger charge is 2.20. The predicted molar refractivity (Wildman–Crippen MR) is 88.2 cm³/mol. The van der Waals surface area contributed by atoms with Gasteiger partial charge in [-0.1, -0.05) is 30.3 Å². The van der Waals surface area contributed by atoms with Gasteiger partial charge in [0.05, 0.1) is 25.9 Å². The number of benzene rings is 2. The van der Waals surface area contributed by atoms with Crippen LogP contribution in [0.4, 0.5) is 0 Å². The number of ether oxygens (including phenoxy) is 1. The molecule has 2 rings (SSSR count). The predicted octanol–water partition coefficient (Wildman–Crippen LogP) is 4.42. The molecule has 0 aliphatic carbocycles. The van der Waals surface area contributed by atoms with Crippen LogP contribution in [-0.2, 0) is 13.6 Å². The van der Waals surface area contributed by atoms with Crippen molar-refractivity contribution in [2.75, 3.05) is 20.3 Å². The van der Waals surface area contributed by atoms with E-state index >= 15 is 0 Å². The van der Waals surface area contributed by atoms with Crippen LogP contribution < -0.4 is 4.74 Å². The summed E-state index contributed by atoms with van der Waals surface area (Å²) in [7, 11) is -1.83. The van der Waals surface area contributed by atoms with E-state index in [4.69, 9.17) is 13.8 Å². The molecule has 0 spiro atoms. The SMILES string of the molecule is CCOP(=O)(C#Cc1c(OC)ccc2ccccc12)OCC. The average Bonchev–Trinajstić information content (AvgIpc) is 2.53. The second-order valence-corrected chi connectivity index (χ2v) is 6.17. The van der Waals surface area contributed by atoms with Gasteiger partial charge in [0.25, 0.3) is 0 Å². The monoisotopic (exact) mass is 318 g/mol. The van der Waals surface area contributed by atoms with Crippen molar-refractivity contribution in [3.8, 4) is 17.3 Å². The van der Waals surface area contributed by atoms with E-state index in [1.165, 1.54) is 0 Å². The molecule has 0 aromatic heterocycles. The molecule has 0 fully saturated rings. The number of methoxy groups -OCH3 is 1. The molecular formula is C17H19O4P. The van der Waals surface area contributed by atoms with Crippen LogP contribution in [0.2, 0.25) is 0 Å². The van der Waals surface area contributed by atoms with Gasteiger partial charge in [0, 0.05) is 11.0 Å². The van der Waals surface area contributed by atoms with Crippen LogP contribution in [0.3, 0.4) is 0 Å². The molecule has 0 aliphatic rings. The van der Waals surface area contributed by atoms with Crippen molar-refractivity contribution in [1.29, 1.82) is 0 Å². The Morgan fingerprint density at radius 1 is 1.05 bits per heavy atom. The van der Waals surface area contributed by atoms with E-state index < -0.39 is 7.60 Å². The summed E-state index contributed by atoms with van der Waals surface area (Å²) in [5.74, 6) is 3.56. The zero-order valence-corrected chi connectivity index (χ0v) is 13.9. The van der Waals surface area contributed by atoms with Crippen LogP contribution in [0, 0.1) is 11.6 Å². The van der Waals surface area contributed by atoms with E-state index in [0.29, 0.717) is 11.3 Å². The lowest BCUT2D eigenvalue weighted by molar-refractivity contribution is 0.230. The molecule has 0 bridgehead atoms. The highest BCUT2D eigenvalue weighted by Crippen LogP contribution is 2.47. The molecule has 0 aliphatic heterocycles. The van der Waals surface area contributed by atoms with Gasteiger partial charge in [-0.3, -0.25) is 9.05 Å². The molecule has 0 heterocycles. The standard InChI is InChI=1S/C17H19O4P/c1-4-20-22(18,21-5-2)13-12-16-15-9-7-6-8-14(15)10-11-17(16)19-3/h6-11H,4-5H2,1-3H3. The largest absolute Gasteiger partial charge is 0.495 e.